The average Bonchev–Trinajstić information content (AvgIpc) is 4.17. The molecule has 374 valence electrons. The standard InChI is InChI=1S/C45H50F4N16O6/c1-20(2)53-43(66)70-28-7-6-24(36(28)48)25-11-32(56-42-54-22(4)35(41-50-8-9-63(41)42)38-21(3)16-52-62(38)5)65(60-25)34-17-51-40(27-12-33(61-64(27)34)68-19-30(46)47)55-31-10-26(58-59-31)39-37(49)29(18-69-39)71-44(67)57-45-13-23(14-45)15-45/h8-12,16-17,20,23-24,28-30,36-37,39H,6-7,13-15,18-19H2,1-5H3,(H5,50,51,52,53,54,55,56,57,58,59,60,61,66,67)/p+1/t23?,24-,28-,29-,36+,37+,39-,45?/m0/s1. The van der Waals surface area contributed by atoms with E-state index in [2.05, 4.69) is 51.7 Å². The maximum absolute atomic E-state index is 16.4. The molecule has 0 radical (unpaired) electrons. The van der Waals surface area contributed by atoms with Crippen LogP contribution in [0.4, 0.5) is 50.6 Å². The van der Waals surface area contributed by atoms with Gasteiger partial charge in [-0.25, -0.2) is 52.5 Å². The van der Waals surface area contributed by atoms with Crippen LogP contribution >= 0.6 is 0 Å². The van der Waals surface area contributed by atoms with E-state index in [9.17, 15) is 18.4 Å². The van der Waals surface area contributed by atoms with Crippen LogP contribution in [0.25, 0.3) is 28.2 Å². The van der Waals surface area contributed by atoms with Crippen LogP contribution in [0.3, 0.4) is 0 Å². The molecule has 12 rings (SSSR count). The first-order valence-corrected chi connectivity index (χ1v) is 23.3. The van der Waals surface area contributed by atoms with E-state index < -0.39 is 61.8 Å². The summed E-state index contributed by atoms with van der Waals surface area (Å²) in [7, 11) is 1.84. The Morgan fingerprint density at radius 3 is 2.54 bits per heavy atom. The Labute approximate surface area is 401 Å². The summed E-state index contributed by atoms with van der Waals surface area (Å²) in [6, 6.07) is 4.41. The van der Waals surface area contributed by atoms with E-state index in [-0.39, 0.29) is 59.2 Å². The van der Waals surface area contributed by atoms with E-state index in [0.717, 1.165) is 36.1 Å². The van der Waals surface area contributed by atoms with Crippen molar-refractivity contribution < 1.29 is 50.8 Å². The zero-order chi connectivity index (χ0) is 49.5. The van der Waals surface area contributed by atoms with Crippen molar-refractivity contribution in [2.24, 2.45) is 13.0 Å². The Morgan fingerprint density at radius 2 is 1.80 bits per heavy atom. The molecular formula is C45H51F4N16O6+. The number of aromatic amines is 2. The highest BCUT2D eigenvalue weighted by Crippen LogP contribution is 2.57. The third-order valence-electron chi connectivity index (χ3n) is 13.6. The Balaban J connectivity index is 0.929. The molecule has 5 fully saturated rings. The zero-order valence-corrected chi connectivity index (χ0v) is 39.1. The number of rotatable bonds is 15. The van der Waals surface area contributed by atoms with Gasteiger partial charge in [-0.05, 0) is 71.3 Å². The molecular weight excluding hydrogens is 937 g/mol. The van der Waals surface area contributed by atoms with Crippen molar-refractivity contribution in [2.75, 3.05) is 23.8 Å². The Hall–Kier alpha value is -7.51. The number of alkyl halides is 4. The summed E-state index contributed by atoms with van der Waals surface area (Å²) in [5.41, 5.74) is 4.40. The number of aromatic nitrogens is 12. The largest absolute Gasteiger partial charge is 0.470 e. The molecule has 2 bridgehead atoms. The van der Waals surface area contributed by atoms with Crippen LogP contribution in [0.1, 0.15) is 80.6 Å². The number of amides is 2. The smallest absolute Gasteiger partial charge is 0.408 e. The number of carbonyl (C=O) groups excluding carboxylic acids is 2. The van der Waals surface area contributed by atoms with E-state index in [1.807, 2.05) is 20.9 Å². The fraction of sp³-hybridized carbons (Fsp3) is 0.489. The molecule has 6 N–H and O–H groups in total. The number of H-pyrrole nitrogens is 2. The molecule has 0 spiro atoms. The van der Waals surface area contributed by atoms with E-state index in [1.54, 1.807) is 52.3 Å². The number of hydrogen-bond acceptors (Lipinski definition) is 14. The predicted octanol–water partition coefficient (Wildman–Crippen LogP) is 6.02. The lowest BCUT2D eigenvalue weighted by Gasteiger charge is -2.61. The van der Waals surface area contributed by atoms with Crippen molar-refractivity contribution in [3.05, 3.63) is 65.6 Å². The molecule has 8 heterocycles. The monoisotopic (exact) mass is 987 g/mol. The Kier molecular flexibility index (Phi) is 11.5. The van der Waals surface area contributed by atoms with Gasteiger partial charge < -0.3 is 34.9 Å². The summed E-state index contributed by atoms with van der Waals surface area (Å²) >= 11 is 0. The van der Waals surface area contributed by atoms with Gasteiger partial charge in [0.25, 0.3) is 29.9 Å². The fourth-order valence-corrected chi connectivity index (χ4v) is 10.2. The van der Waals surface area contributed by atoms with Gasteiger partial charge >= 0.3 is 12.2 Å². The lowest BCUT2D eigenvalue weighted by molar-refractivity contribution is -0.646. The number of aryl methyl sites for hydroxylation is 3. The highest BCUT2D eigenvalue weighted by Gasteiger charge is 2.58. The predicted molar refractivity (Wildman–Crippen MR) is 243 cm³/mol. The molecule has 5 aliphatic rings. The number of halogens is 4. The van der Waals surface area contributed by atoms with Crippen molar-refractivity contribution in [1.29, 1.82) is 0 Å². The summed E-state index contributed by atoms with van der Waals surface area (Å²) in [6.45, 7) is 6.23. The second kappa shape index (κ2) is 17.7. The molecule has 6 atom stereocenters. The van der Waals surface area contributed by atoms with Crippen LogP contribution in [-0.4, -0.2) is 122 Å². The molecule has 1 aliphatic heterocycles. The average molecular weight is 988 g/mol. The molecule has 2 amide bonds. The van der Waals surface area contributed by atoms with Crippen LogP contribution in [0.15, 0.2) is 43.0 Å². The van der Waals surface area contributed by atoms with Gasteiger partial charge in [0.2, 0.25) is 0 Å². The lowest BCUT2D eigenvalue weighted by Crippen LogP contribution is -2.68. The quantitative estimate of drug-likeness (QED) is 0.0508. The molecule has 4 saturated carbocycles. The van der Waals surface area contributed by atoms with Gasteiger partial charge in [0, 0.05) is 55.1 Å². The number of imidazole rings is 1. The summed E-state index contributed by atoms with van der Waals surface area (Å²) in [5.74, 6) is 0.879. The van der Waals surface area contributed by atoms with E-state index in [1.165, 1.54) is 22.8 Å². The molecule has 1 saturated heterocycles. The van der Waals surface area contributed by atoms with Crippen LogP contribution in [-0.2, 0) is 21.3 Å². The van der Waals surface area contributed by atoms with Gasteiger partial charge in [0.05, 0.1) is 41.1 Å². The van der Waals surface area contributed by atoms with Crippen LogP contribution < -0.4 is 30.7 Å². The number of alkyl carbamates (subject to hydrolysis) is 2. The molecule has 26 heteroatoms. The van der Waals surface area contributed by atoms with Gasteiger partial charge in [0.15, 0.2) is 41.7 Å². The third-order valence-corrected chi connectivity index (χ3v) is 13.6. The second-order valence-electron chi connectivity index (χ2n) is 19.1. The first-order valence-electron chi connectivity index (χ1n) is 23.3. The van der Waals surface area contributed by atoms with Crippen molar-refractivity contribution in [3.8, 4) is 23.0 Å². The van der Waals surface area contributed by atoms with Crippen LogP contribution in [0.5, 0.6) is 5.88 Å². The number of ether oxygens (including phenoxy) is 4. The minimum atomic E-state index is -2.81. The van der Waals surface area contributed by atoms with Gasteiger partial charge in [0.1, 0.15) is 24.6 Å². The summed E-state index contributed by atoms with van der Waals surface area (Å²) in [5, 5.41) is 31.4. The highest BCUT2D eigenvalue weighted by atomic mass is 19.3. The van der Waals surface area contributed by atoms with Gasteiger partial charge in [-0.3, -0.25) is 14.2 Å². The molecule has 7 aromatic heterocycles. The van der Waals surface area contributed by atoms with Gasteiger partial charge in [-0.2, -0.15) is 10.2 Å². The third kappa shape index (κ3) is 8.45. The number of hydrogen-bond donors (Lipinski definition) is 6. The normalized spacial score (nSPS) is 24.6. The van der Waals surface area contributed by atoms with Crippen LogP contribution in [0, 0.1) is 19.8 Å². The minimum Gasteiger partial charge on any atom is -0.470 e. The van der Waals surface area contributed by atoms with E-state index in [4.69, 9.17) is 28.9 Å². The van der Waals surface area contributed by atoms with Gasteiger partial charge in [-0.15, -0.1) is 9.20 Å². The summed E-state index contributed by atoms with van der Waals surface area (Å²) in [6.07, 6.45) is -0.941. The molecule has 0 aromatic carbocycles. The SMILES string of the molecule is Cc1cnn(C)c1-c1c(C)nc(Nc2cc([C@@H]3CC[C@H](OC(=O)NC(C)C)[C@@H]3F)[nH][n+]2-c2cnc(Nc3cc([C@@H]4OC[C@H](OC(=O)NC56CC(C5)C6)[C@H]4F)[nH]n3)c3cc(OCC(F)F)nn23)n2ccnc12. The Bertz CT molecular complexity index is 3130. The number of nitrogens with one attached hydrogen (secondary N) is 6. The first-order chi connectivity index (χ1) is 34.1. The van der Waals surface area contributed by atoms with Crippen molar-refractivity contribution in [1.82, 2.24) is 64.7 Å². The van der Waals surface area contributed by atoms with Crippen LogP contribution in [0.2, 0.25) is 0 Å². The second-order valence-corrected chi connectivity index (χ2v) is 19.1. The van der Waals surface area contributed by atoms with E-state index >= 15 is 8.78 Å². The summed E-state index contributed by atoms with van der Waals surface area (Å²) in [4.78, 5) is 39.5. The Morgan fingerprint density at radius 1 is 1.00 bits per heavy atom. The van der Waals surface area contributed by atoms with Crippen molar-refractivity contribution >= 4 is 46.8 Å². The van der Waals surface area contributed by atoms with Crippen molar-refractivity contribution in [2.45, 2.75) is 114 Å². The maximum atomic E-state index is 16.4. The fourth-order valence-electron chi connectivity index (χ4n) is 10.2. The highest BCUT2D eigenvalue weighted by molar-refractivity contribution is 5.81. The molecule has 7 aromatic rings. The lowest BCUT2D eigenvalue weighted by atomic mass is 9.50. The van der Waals surface area contributed by atoms with E-state index in [0.29, 0.717) is 41.1 Å². The van der Waals surface area contributed by atoms with Gasteiger partial charge in [-0.1, -0.05) is 5.10 Å². The summed E-state index contributed by atoms with van der Waals surface area (Å²) < 4.78 is 87.7. The van der Waals surface area contributed by atoms with Crippen molar-refractivity contribution in [3.63, 3.8) is 0 Å². The number of carbonyl (C=O) groups is 2. The molecule has 22 nitrogen and oxygen atoms in total. The first kappa shape index (κ1) is 45.9. The topological polar surface area (TPSA) is 246 Å². The number of fused-ring (bicyclic) bond motifs is 2. The molecule has 0 unspecified atom stereocenters. The zero-order valence-electron chi connectivity index (χ0n) is 39.1. The number of anilines is 4. The number of nitrogens with zero attached hydrogens (tertiary/aromatic N) is 10. The molecule has 71 heavy (non-hydrogen) atoms. The maximum Gasteiger partial charge on any atom is 0.408 e. The minimum absolute atomic E-state index is 0.140. The molecule has 4 aliphatic carbocycles.